The molecule has 1 aliphatic heterocycles. The smallest absolute Gasteiger partial charge is 0.265 e. The highest BCUT2D eigenvalue weighted by atomic mass is 16.6. The Morgan fingerprint density at radius 2 is 1.96 bits per heavy atom. The summed E-state index contributed by atoms with van der Waals surface area (Å²) in [5, 5.41) is 11.0. The molecule has 0 aliphatic carbocycles. The van der Waals surface area contributed by atoms with E-state index < -0.39 is 6.10 Å². The maximum absolute atomic E-state index is 12.6. The van der Waals surface area contributed by atoms with Crippen molar-refractivity contribution >= 4 is 5.91 Å². The molecular formula is C20H21N5O3. The zero-order valence-electron chi connectivity index (χ0n) is 15.4. The topological polar surface area (TPSA) is 104 Å². The molecule has 0 radical (unpaired) electrons. The quantitative estimate of drug-likeness (QED) is 0.697. The second-order valence-electron chi connectivity index (χ2n) is 6.55. The molecule has 8 heteroatoms. The van der Waals surface area contributed by atoms with E-state index in [1.807, 2.05) is 49.4 Å². The first-order chi connectivity index (χ1) is 13.6. The van der Waals surface area contributed by atoms with Gasteiger partial charge in [0, 0.05) is 13.1 Å². The SMILES string of the molecule is CC1Oc2ccccc2OC1C(=O)NCc1cccc(-n2cc(CN)nn2)c1. The molecule has 1 aliphatic rings. The Morgan fingerprint density at radius 3 is 2.71 bits per heavy atom. The number of fused-ring (bicyclic) bond motifs is 1. The molecule has 0 saturated carbocycles. The van der Waals surface area contributed by atoms with E-state index in [2.05, 4.69) is 15.6 Å². The van der Waals surface area contributed by atoms with Crippen LogP contribution in [0.25, 0.3) is 5.69 Å². The van der Waals surface area contributed by atoms with Gasteiger partial charge in [-0.15, -0.1) is 5.10 Å². The predicted molar refractivity (Wildman–Crippen MR) is 102 cm³/mol. The summed E-state index contributed by atoms with van der Waals surface area (Å²) in [6.07, 6.45) is 0.691. The Bertz CT molecular complexity index is 987. The van der Waals surface area contributed by atoms with Crippen molar-refractivity contribution in [3.63, 3.8) is 0 Å². The summed E-state index contributed by atoms with van der Waals surface area (Å²) in [4.78, 5) is 12.6. The number of rotatable bonds is 5. The van der Waals surface area contributed by atoms with Gasteiger partial charge in [0.2, 0.25) is 6.10 Å². The van der Waals surface area contributed by atoms with E-state index in [0.717, 1.165) is 11.3 Å². The Labute approximate surface area is 162 Å². The van der Waals surface area contributed by atoms with Crippen molar-refractivity contribution in [3.8, 4) is 17.2 Å². The second-order valence-corrected chi connectivity index (χ2v) is 6.55. The van der Waals surface area contributed by atoms with Crippen LogP contribution < -0.4 is 20.5 Å². The fourth-order valence-corrected chi connectivity index (χ4v) is 3.02. The van der Waals surface area contributed by atoms with Crippen LogP contribution >= 0.6 is 0 Å². The summed E-state index contributed by atoms with van der Waals surface area (Å²) in [5.74, 6) is 1.000. The second kappa shape index (κ2) is 7.69. The molecule has 8 nitrogen and oxygen atoms in total. The highest BCUT2D eigenvalue weighted by molar-refractivity contribution is 5.82. The first kappa shape index (κ1) is 18.0. The van der Waals surface area contributed by atoms with Gasteiger partial charge in [0.25, 0.3) is 5.91 Å². The van der Waals surface area contributed by atoms with Gasteiger partial charge >= 0.3 is 0 Å². The summed E-state index contributed by atoms with van der Waals surface area (Å²) in [6, 6.07) is 15.0. The number of nitrogens with two attached hydrogens (primary N) is 1. The van der Waals surface area contributed by atoms with Crippen LogP contribution in [0.4, 0.5) is 0 Å². The summed E-state index contributed by atoms with van der Waals surface area (Å²) < 4.78 is 13.3. The largest absolute Gasteiger partial charge is 0.482 e. The Morgan fingerprint density at radius 1 is 1.18 bits per heavy atom. The number of hydrogen-bond acceptors (Lipinski definition) is 6. The standard InChI is InChI=1S/C20H21N5O3/c1-13-19(28-18-8-3-2-7-17(18)27-13)20(26)22-11-14-5-4-6-16(9-14)25-12-15(10-21)23-24-25/h2-9,12-13,19H,10-11,21H2,1H3,(H,22,26). The molecule has 0 fully saturated rings. The number of carbonyl (C=O) groups excluding carboxylic acids is 1. The van der Waals surface area contributed by atoms with Crippen LogP contribution in [-0.4, -0.2) is 33.1 Å². The minimum absolute atomic E-state index is 0.224. The van der Waals surface area contributed by atoms with Crippen LogP contribution in [0.5, 0.6) is 11.5 Å². The van der Waals surface area contributed by atoms with E-state index in [9.17, 15) is 4.79 Å². The highest BCUT2D eigenvalue weighted by Gasteiger charge is 2.33. The zero-order valence-corrected chi connectivity index (χ0v) is 15.4. The van der Waals surface area contributed by atoms with Gasteiger partial charge in [0.1, 0.15) is 6.10 Å². The van der Waals surface area contributed by atoms with Gasteiger partial charge < -0.3 is 20.5 Å². The first-order valence-electron chi connectivity index (χ1n) is 9.04. The molecule has 2 unspecified atom stereocenters. The average Bonchev–Trinajstić information content (AvgIpc) is 3.21. The normalized spacial score (nSPS) is 17.9. The van der Waals surface area contributed by atoms with E-state index in [-0.39, 0.29) is 12.0 Å². The maximum Gasteiger partial charge on any atom is 0.265 e. The number of para-hydroxylation sites is 2. The number of aromatic nitrogens is 3. The number of amides is 1. The van der Waals surface area contributed by atoms with Gasteiger partial charge in [0.15, 0.2) is 11.5 Å². The number of ether oxygens (including phenoxy) is 2. The van der Waals surface area contributed by atoms with Crippen LogP contribution in [0.1, 0.15) is 18.2 Å². The molecule has 0 saturated heterocycles. The molecule has 3 aromatic rings. The predicted octanol–water partition coefficient (Wildman–Crippen LogP) is 1.57. The number of hydrogen-bond donors (Lipinski definition) is 2. The van der Waals surface area contributed by atoms with Gasteiger partial charge in [-0.1, -0.05) is 29.5 Å². The van der Waals surface area contributed by atoms with Crippen LogP contribution in [0.15, 0.2) is 54.7 Å². The van der Waals surface area contributed by atoms with Gasteiger partial charge in [-0.05, 0) is 36.8 Å². The van der Waals surface area contributed by atoms with Crippen molar-refractivity contribution in [3.05, 3.63) is 66.0 Å². The van der Waals surface area contributed by atoms with Gasteiger partial charge in [-0.2, -0.15) is 0 Å². The molecule has 2 heterocycles. The number of benzene rings is 2. The van der Waals surface area contributed by atoms with Gasteiger partial charge in [0.05, 0.1) is 17.6 Å². The van der Waals surface area contributed by atoms with Gasteiger partial charge in [-0.3, -0.25) is 4.79 Å². The van der Waals surface area contributed by atoms with Crippen molar-refractivity contribution in [1.82, 2.24) is 20.3 Å². The summed E-state index contributed by atoms with van der Waals surface area (Å²) >= 11 is 0. The lowest BCUT2D eigenvalue weighted by molar-refractivity contribution is -0.133. The number of nitrogens with one attached hydrogen (secondary N) is 1. The monoisotopic (exact) mass is 379 g/mol. The Kier molecular flexibility index (Phi) is 4.94. The van der Waals surface area contributed by atoms with Crippen molar-refractivity contribution in [2.45, 2.75) is 32.2 Å². The van der Waals surface area contributed by atoms with E-state index in [4.69, 9.17) is 15.2 Å². The first-order valence-corrected chi connectivity index (χ1v) is 9.04. The van der Waals surface area contributed by atoms with Crippen LogP contribution in [0.3, 0.4) is 0 Å². The fourth-order valence-electron chi connectivity index (χ4n) is 3.02. The molecule has 3 N–H and O–H groups in total. The molecule has 0 bridgehead atoms. The third-order valence-corrected chi connectivity index (χ3v) is 4.49. The van der Waals surface area contributed by atoms with Crippen LogP contribution in [0.2, 0.25) is 0 Å². The highest BCUT2D eigenvalue weighted by Crippen LogP contribution is 2.33. The minimum atomic E-state index is -0.708. The summed E-state index contributed by atoms with van der Waals surface area (Å²) in [6.45, 7) is 2.51. The lowest BCUT2D eigenvalue weighted by Crippen LogP contribution is -2.48. The van der Waals surface area contributed by atoms with Crippen molar-refractivity contribution in [2.24, 2.45) is 5.73 Å². The van der Waals surface area contributed by atoms with Crippen molar-refractivity contribution < 1.29 is 14.3 Å². The molecule has 4 rings (SSSR count). The average molecular weight is 379 g/mol. The molecule has 1 amide bonds. The third-order valence-electron chi connectivity index (χ3n) is 4.49. The van der Waals surface area contributed by atoms with E-state index in [1.54, 1.807) is 16.9 Å². The molecular weight excluding hydrogens is 358 g/mol. The van der Waals surface area contributed by atoms with Crippen molar-refractivity contribution in [1.29, 1.82) is 0 Å². The molecule has 2 aromatic carbocycles. The lowest BCUT2D eigenvalue weighted by atomic mass is 10.1. The molecule has 1 aromatic heterocycles. The van der Waals surface area contributed by atoms with E-state index >= 15 is 0 Å². The fraction of sp³-hybridized carbons (Fsp3) is 0.250. The summed E-state index contributed by atoms with van der Waals surface area (Å²) in [5.41, 5.74) is 8.07. The maximum atomic E-state index is 12.6. The summed E-state index contributed by atoms with van der Waals surface area (Å²) in [7, 11) is 0. The van der Waals surface area contributed by atoms with Crippen LogP contribution in [-0.2, 0) is 17.9 Å². The van der Waals surface area contributed by atoms with Crippen LogP contribution in [0, 0.1) is 0 Å². The third kappa shape index (κ3) is 3.67. The Hall–Kier alpha value is -3.39. The molecule has 144 valence electrons. The van der Waals surface area contributed by atoms with Gasteiger partial charge in [-0.25, -0.2) is 4.68 Å². The zero-order chi connectivity index (χ0) is 19.5. The van der Waals surface area contributed by atoms with E-state index in [0.29, 0.717) is 30.3 Å². The lowest BCUT2D eigenvalue weighted by Gasteiger charge is -2.31. The number of carbonyl (C=O) groups is 1. The van der Waals surface area contributed by atoms with Crippen molar-refractivity contribution in [2.75, 3.05) is 0 Å². The number of nitrogens with zero attached hydrogens (tertiary/aromatic N) is 3. The minimum Gasteiger partial charge on any atom is -0.482 e. The Balaban J connectivity index is 1.42. The molecule has 28 heavy (non-hydrogen) atoms. The molecule has 0 spiro atoms. The van der Waals surface area contributed by atoms with E-state index in [1.165, 1.54) is 0 Å². The molecule has 2 atom stereocenters.